The molecule has 150 valence electrons. The fourth-order valence-corrected chi connectivity index (χ4v) is 2.96. The van der Waals surface area contributed by atoms with E-state index in [-0.39, 0.29) is 11.3 Å². The fourth-order valence-electron chi connectivity index (χ4n) is 2.96. The third kappa shape index (κ3) is 4.99. The third-order valence-corrected chi connectivity index (χ3v) is 4.62. The highest BCUT2D eigenvalue weighted by molar-refractivity contribution is 5.64. The lowest BCUT2D eigenvalue weighted by atomic mass is 10.00. The van der Waals surface area contributed by atoms with Gasteiger partial charge in [0.05, 0.1) is 6.61 Å². The van der Waals surface area contributed by atoms with Crippen LogP contribution in [0.2, 0.25) is 0 Å². The minimum Gasteiger partial charge on any atom is -0.505 e. The zero-order valence-electron chi connectivity index (χ0n) is 15.8. The van der Waals surface area contributed by atoms with Gasteiger partial charge in [-0.15, -0.1) is 6.58 Å². The summed E-state index contributed by atoms with van der Waals surface area (Å²) in [6.07, 6.45) is 3.16. The number of ether oxygens (including phenoxy) is 1. The summed E-state index contributed by atoms with van der Waals surface area (Å²) in [7, 11) is 0. The lowest BCUT2D eigenvalue weighted by Crippen LogP contribution is -1.98. The van der Waals surface area contributed by atoms with Gasteiger partial charge in [-0.1, -0.05) is 42.5 Å². The molecule has 5 heteroatoms. The number of aryl methyl sites for hydroxylation is 2. The summed E-state index contributed by atoms with van der Waals surface area (Å²) in [4.78, 5) is 0. The summed E-state index contributed by atoms with van der Waals surface area (Å²) in [6, 6.07) is 14.8. The molecule has 2 nitrogen and oxygen atoms in total. The molecule has 0 aliphatic rings. The Balaban J connectivity index is 1.66. The Morgan fingerprint density at radius 1 is 0.862 bits per heavy atom. The smallest absolute Gasteiger partial charge is 0.200 e. The molecule has 0 aliphatic heterocycles. The lowest BCUT2D eigenvalue weighted by molar-refractivity contribution is 0.308. The summed E-state index contributed by atoms with van der Waals surface area (Å²) >= 11 is 0. The molecule has 0 radical (unpaired) electrons. The molecule has 0 amide bonds. The summed E-state index contributed by atoms with van der Waals surface area (Å²) in [5.74, 6) is -3.17. The fraction of sp³-hybridized carbons (Fsp3) is 0.167. The van der Waals surface area contributed by atoms with Crippen LogP contribution in [-0.2, 0) is 12.8 Å². The van der Waals surface area contributed by atoms with Crippen LogP contribution in [0, 0.1) is 17.5 Å². The van der Waals surface area contributed by atoms with Gasteiger partial charge in [0.25, 0.3) is 0 Å². The van der Waals surface area contributed by atoms with E-state index in [0.29, 0.717) is 25.9 Å². The van der Waals surface area contributed by atoms with Gasteiger partial charge < -0.3 is 9.84 Å². The van der Waals surface area contributed by atoms with E-state index in [9.17, 15) is 18.3 Å². The van der Waals surface area contributed by atoms with Gasteiger partial charge in [-0.2, -0.15) is 4.39 Å². The molecule has 0 aliphatic carbocycles. The van der Waals surface area contributed by atoms with Crippen LogP contribution in [0.5, 0.6) is 11.5 Å². The Morgan fingerprint density at radius 3 is 2.28 bits per heavy atom. The van der Waals surface area contributed by atoms with Crippen molar-refractivity contribution in [1.29, 1.82) is 0 Å². The van der Waals surface area contributed by atoms with Crippen LogP contribution in [0.3, 0.4) is 0 Å². The highest BCUT2D eigenvalue weighted by Crippen LogP contribution is 2.27. The van der Waals surface area contributed by atoms with Crippen LogP contribution in [0.25, 0.3) is 11.1 Å². The lowest BCUT2D eigenvalue weighted by Gasteiger charge is -2.09. The maximum absolute atomic E-state index is 14.2. The zero-order valence-corrected chi connectivity index (χ0v) is 15.8. The van der Waals surface area contributed by atoms with Crippen molar-refractivity contribution in [2.75, 3.05) is 6.61 Å². The molecule has 0 fully saturated rings. The first-order valence-corrected chi connectivity index (χ1v) is 9.28. The largest absolute Gasteiger partial charge is 0.505 e. The first-order chi connectivity index (χ1) is 14.0. The molecule has 0 spiro atoms. The average molecular weight is 398 g/mol. The van der Waals surface area contributed by atoms with Gasteiger partial charge in [-0.3, -0.25) is 0 Å². The number of hydrogen-bond donors (Lipinski definition) is 1. The molecule has 29 heavy (non-hydrogen) atoms. The van der Waals surface area contributed by atoms with E-state index in [2.05, 4.69) is 6.58 Å². The summed E-state index contributed by atoms with van der Waals surface area (Å²) < 4.78 is 46.9. The summed E-state index contributed by atoms with van der Waals surface area (Å²) in [5, 5.41) is 9.19. The Kier molecular flexibility index (Phi) is 6.60. The van der Waals surface area contributed by atoms with Crippen molar-refractivity contribution in [3.05, 3.63) is 95.8 Å². The van der Waals surface area contributed by atoms with E-state index in [4.69, 9.17) is 4.74 Å². The minimum absolute atomic E-state index is 0.204. The minimum atomic E-state index is -1.23. The van der Waals surface area contributed by atoms with E-state index >= 15 is 0 Å². The number of hydrogen-bond acceptors (Lipinski definition) is 2. The van der Waals surface area contributed by atoms with Crippen LogP contribution in [0.1, 0.15) is 17.5 Å². The molecule has 0 atom stereocenters. The van der Waals surface area contributed by atoms with Crippen molar-refractivity contribution in [1.82, 2.24) is 0 Å². The van der Waals surface area contributed by atoms with Crippen molar-refractivity contribution in [2.24, 2.45) is 0 Å². The van der Waals surface area contributed by atoms with E-state index in [1.807, 2.05) is 24.3 Å². The highest BCUT2D eigenvalue weighted by Gasteiger charge is 2.12. The normalized spacial score (nSPS) is 10.7. The number of phenolic OH excluding ortho intramolecular Hbond substituents is 1. The average Bonchev–Trinajstić information content (AvgIpc) is 2.73. The molecule has 0 bridgehead atoms. The number of phenols is 1. The van der Waals surface area contributed by atoms with E-state index in [1.54, 1.807) is 18.2 Å². The second-order valence-corrected chi connectivity index (χ2v) is 6.64. The predicted molar refractivity (Wildman–Crippen MR) is 108 cm³/mol. The van der Waals surface area contributed by atoms with Gasteiger partial charge in [-0.25, -0.2) is 8.78 Å². The van der Waals surface area contributed by atoms with E-state index in [1.165, 1.54) is 12.1 Å². The van der Waals surface area contributed by atoms with Gasteiger partial charge in [0.2, 0.25) is 5.82 Å². The maximum Gasteiger partial charge on any atom is 0.200 e. The molecule has 3 aromatic rings. The molecule has 1 N–H and O–H groups in total. The Hall–Kier alpha value is -3.21. The van der Waals surface area contributed by atoms with Crippen molar-refractivity contribution < 1.29 is 23.0 Å². The van der Waals surface area contributed by atoms with Gasteiger partial charge in [-0.05, 0) is 59.7 Å². The molecular weight excluding hydrogens is 377 g/mol. The van der Waals surface area contributed by atoms with Crippen molar-refractivity contribution in [3.8, 4) is 22.6 Å². The molecule has 3 aromatic carbocycles. The predicted octanol–water partition coefficient (Wildman–Crippen LogP) is 6.22. The van der Waals surface area contributed by atoms with Crippen LogP contribution in [0.15, 0.2) is 67.3 Å². The summed E-state index contributed by atoms with van der Waals surface area (Å²) in [6.45, 7) is 3.97. The van der Waals surface area contributed by atoms with Gasteiger partial charge in [0.15, 0.2) is 23.1 Å². The van der Waals surface area contributed by atoms with Gasteiger partial charge in [0.1, 0.15) is 0 Å². The number of halogens is 3. The Morgan fingerprint density at radius 2 is 1.59 bits per heavy atom. The topological polar surface area (TPSA) is 29.5 Å². The number of aromatic hydroxyl groups is 1. The molecule has 0 saturated carbocycles. The number of rotatable bonds is 8. The maximum atomic E-state index is 14.2. The van der Waals surface area contributed by atoms with Crippen LogP contribution < -0.4 is 4.74 Å². The number of benzene rings is 3. The second-order valence-electron chi connectivity index (χ2n) is 6.64. The highest BCUT2D eigenvalue weighted by atomic mass is 19.2. The molecular formula is C24H21F3O2. The molecule has 0 saturated heterocycles. The van der Waals surface area contributed by atoms with Crippen molar-refractivity contribution >= 4 is 0 Å². The second kappa shape index (κ2) is 9.32. The van der Waals surface area contributed by atoms with Crippen LogP contribution in [-0.4, -0.2) is 11.7 Å². The first-order valence-electron chi connectivity index (χ1n) is 9.28. The summed E-state index contributed by atoms with van der Waals surface area (Å²) in [5.41, 5.74) is 2.70. The quantitative estimate of drug-likeness (QED) is 0.361. The molecule has 0 unspecified atom stereocenters. The van der Waals surface area contributed by atoms with Crippen LogP contribution >= 0.6 is 0 Å². The molecule has 0 heterocycles. The van der Waals surface area contributed by atoms with Crippen molar-refractivity contribution in [2.45, 2.75) is 19.3 Å². The Labute approximate surface area is 167 Å². The first kappa shape index (κ1) is 20.5. The van der Waals surface area contributed by atoms with E-state index < -0.39 is 23.2 Å². The Bertz CT molecular complexity index is 998. The monoisotopic (exact) mass is 398 g/mol. The van der Waals surface area contributed by atoms with Crippen LogP contribution in [0.4, 0.5) is 13.2 Å². The van der Waals surface area contributed by atoms with E-state index in [0.717, 1.165) is 22.8 Å². The SMILES string of the molecule is C=CCCOc1ccc(-c2ccc(CCc3ccc(O)c(F)c3F)cc2)cc1F. The van der Waals surface area contributed by atoms with Gasteiger partial charge in [0, 0.05) is 0 Å². The van der Waals surface area contributed by atoms with Crippen molar-refractivity contribution in [3.63, 3.8) is 0 Å². The molecule has 0 aromatic heterocycles. The van der Waals surface area contributed by atoms with Gasteiger partial charge >= 0.3 is 0 Å². The standard InChI is InChI=1S/C24H21F3O2/c1-2-3-14-29-22-13-11-19(15-20(22)25)17-7-4-16(5-8-17)6-9-18-10-12-21(28)24(27)23(18)26/h2,4-5,7-8,10-13,15,28H,1,3,6,9,14H2. The zero-order chi connectivity index (χ0) is 20.8. The third-order valence-electron chi connectivity index (χ3n) is 4.62. The molecule has 3 rings (SSSR count).